The van der Waals surface area contributed by atoms with Crippen LogP contribution in [0.15, 0.2) is 12.4 Å². The number of aryl methyl sites for hydroxylation is 1. The quantitative estimate of drug-likeness (QED) is 0.853. The van der Waals surface area contributed by atoms with Crippen molar-refractivity contribution in [2.45, 2.75) is 33.3 Å². The zero-order valence-corrected chi connectivity index (χ0v) is 12.1. The Labute approximate surface area is 116 Å². The minimum absolute atomic E-state index is 0.0715. The number of nitrogens with zero attached hydrogens (tertiary/aromatic N) is 2. The first-order chi connectivity index (χ1) is 9.06. The number of thiophene rings is 1. The van der Waals surface area contributed by atoms with Crippen LogP contribution in [-0.4, -0.2) is 28.6 Å². The SMILES string of the molecule is Cc1cc2c(NCCC(=O)OC(C)C)ncnc2s1. The Kier molecular flexibility index (Phi) is 4.31. The molecule has 0 saturated carbocycles. The summed E-state index contributed by atoms with van der Waals surface area (Å²) in [4.78, 5) is 22.0. The Hall–Kier alpha value is -1.69. The van der Waals surface area contributed by atoms with Crippen molar-refractivity contribution in [3.8, 4) is 0 Å². The number of carbonyl (C=O) groups is 1. The van der Waals surface area contributed by atoms with Gasteiger partial charge in [-0.3, -0.25) is 4.79 Å². The maximum Gasteiger partial charge on any atom is 0.307 e. The molecule has 6 heteroatoms. The van der Waals surface area contributed by atoms with Gasteiger partial charge in [0.15, 0.2) is 0 Å². The number of rotatable bonds is 5. The second kappa shape index (κ2) is 5.97. The predicted molar refractivity (Wildman–Crippen MR) is 76.5 cm³/mol. The number of hydrogen-bond acceptors (Lipinski definition) is 6. The van der Waals surface area contributed by atoms with Crippen molar-refractivity contribution in [3.05, 3.63) is 17.3 Å². The van der Waals surface area contributed by atoms with Gasteiger partial charge in [-0.25, -0.2) is 9.97 Å². The summed E-state index contributed by atoms with van der Waals surface area (Å²) in [5.74, 6) is 0.570. The Morgan fingerprint density at radius 1 is 1.47 bits per heavy atom. The molecule has 0 aromatic carbocycles. The Bertz CT molecular complexity index is 580. The summed E-state index contributed by atoms with van der Waals surface area (Å²) in [7, 11) is 0. The summed E-state index contributed by atoms with van der Waals surface area (Å²) >= 11 is 1.63. The van der Waals surface area contributed by atoms with Crippen LogP contribution >= 0.6 is 11.3 Å². The van der Waals surface area contributed by atoms with Crippen molar-refractivity contribution in [2.24, 2.45) is 0 Å². The summed E-state index contributed by atoms with van der Waals surface area (Å²) in [5.41, 5.74) is 0. The zero-order chi connectivity index (χ0) is 13.8. The van der Waals surface area contributed by atoms with Crippen LogP contribution in [0.2, 0.25) is 0 Å². The number of fused-ring (bicyclic) bond motifs is 1. The van der Waals surface area contributed by atoms with Gasteiger partial charge in [-0.05, 0) is 26.8 Å². The van der Waals surface area contributed by atoms with Crippen LogP contribution in [0.5, 0.6) is 0 Å². The standard InChI is InChI=1S/C13H17N3O2S/c1-8(2)18-11(17)4-5-14-12-10-6-9(3)19-13(10)16-7-15-12/h6-8H,4-5H2,1-3H3,(H,14,15,16). The van der Waals surface area contributed by atoms with Gasteiger partial charge in [-0.15, -0.1) is 11.3 Å². The lowest BCUT2D eigenvalue weighted by molar-refractivity contribution is -0.147. The van der Waals surface area contributed by atoms with E-state index < -0.39 is 0 Å². The lowest BCUT2D eigenvalue weighted by atomic mass is 10.3. The smallest absolute Gasteiger partial charge is 0.307 e. The average molecular weight is 279 g/mol. The Morgan fingerprint density at radius 3 is 3.00 bits per heavy atom. The van der Waals surface area contributed by atoms with Crippen LogP contribution < -0.4 is 5.32 Å². The van der Waals surface area contributed by atoms with Crippen LogP contribution in [0.3, 0.4) is 0 Å². The zero-order valence-electron chi connectivity index (χ0n) is 11.3. The molecular weight excluding hydrogens is 262 g/mol. The largest absolute Gasteiger partial charge is 0.463 e. The first-order valence-electron chi connectivity index (χ1n) is 6.20. The highest BCUT2D eigenvalue weighted by Crippen LogP contribution is 2.27. The van der Waals surface area contributed by atoms with E-state index in [9.17, 15) is 4.79 Å². The van der Waals surface area contributed by atoms with Crippen LogP contribution in [0.1, 0.15) is 25.1 Å². The van der Waals surface area contributed by atoms with Gasteiger partial charge in [0.1, 0.15) is 17.0 Å². The van der Waals surface area contributed by atoms with E-state index in [1.807, 2.05) is 20.8 Å². The number of hydrogen-bond donors (Lipinski definition) is 1. The van der Waals surface area contributed by atoms with Crippen molar-refractivity contribution in [2.75, 3.05) is 11.9 Å². The van der Waals surface area contributed by atoms with Gasteiger partial charge in [0.2, 0.25) is 0 Å². The second-order valence-electron chi connectivity index (χ2n) is 4.51. The molecule has 2 aromatic heterocycles. The molecule has 0 amide bonds. The van der Waals surface area contributed by atoms with E-state index in [4.69, 9.17) is 4.74 Å². The third-order valence-electron chi connectivity index (χ3n) is 2.44. The number of ether oxygens (including phenoxy) is 1. The molecule has 0 aliphatic carbocycles. The number of anilines is 1. The van der Waals surface area contributed by atoms with E-state index in [0.717, 1.165) is 16.0 Å². The highest BCUT2D eigenvalue weighted by Gasteiger charge is 2.08. The molecule has 1 N–H and O–H groups in total. The average Bonchev–Trinajstić information content (AvgIpc) is 2.69. The summed E-state index contributed by atoms with van der Waals surface area (Å²) in [6, 6.07) is 2.05. The highest BCUT2D eigenvalue weighted by atomic mass is 32.1. The molecule has 102 valence electrons. The molecular formula is C13H17N3O2S. The molecule has 0 aliphatic rings. The van der Waals surface area contributed by atoms with Gasteiger partial charge in [0, 0.05) is 11.4 Å². The molecule has 2 heterocycles. The molecule has 0 fully saturated rings. The number of nitrogens with one attached hydrogen (secondary N) is 1. The molecule has 0 unspecified atom stereocenters. The molecule has 0 atom stereocenters. The van der Waals surface area contributed by atoms with Crippen molar-refractivity contribution < 1.29 is 9.53 Å². The monoisotopic (exact) mass is 279 g/mol. The lowest BCUT2D eigenvalue weighted by Crippen LogP contribution is -2.15. The second-order valence-corrected chi connectivity index (χ2v) is 5.75. The van der Waals surface area contributed by atoms with Crippen LogP contribution in [0, 0.1) is 6.92 Å². The van der Waals surface area contributed by atoms with Crippen LogP contribution in [0.4, 0.5) is 5.82 Å². The van der Waals surface area contributed by atoms with Gasteiger partial charge in [-0.2, -0.15) is 0 Å². The van der Waals surface area contributed by atoms with E-state index in [-0.39, 0.29) is 12.1 Å². The molecule has 2 rings (SSSR count). The molecule has 0 radical (unpaired) electrons. The van der Waals surface area contributed by atoms with Crippen molar-refractivity contribution >= 4 is 33.3 Å². The minimum atomic E-state index is -0.200. The van der Waals surface area contributed by atoms with Crippen molar-refractivity contribution in [1.29, 1.82) is 0 Å². The molecule has 19 heavy (non-hydrogen) atoms. The molecule has 2 aromatic rings. The molecule has 0 aliphatic heterocycles. The third-order valence-corrected chi connectivity index (χ3v) is 3.40. The number of esters is 1. The topological polar surface area (TPSA) is 64.1 Å². The fraction of sp³-hybridized carbons (Fsp3) is 0.462. The van der Waals surface area contributed by atoms with E-state index in [0.29, 0.717) is 13.0 Å². The Morgan fingerprint density at radius 2 is 2.26 bits per heavy atom. The number of carbonyl (C=O) groups excluding carboxylic acids is 1. The summed E-state index contributed by atoms with van der Waals surface area (Å²) in [6.07, 6.45) is 1.79. The van der Waals surface area contributed by atoms with Gasteiger partial charge in [-0.1, -0.05) is 0 Å². The van der Waals surface area contributed by atoms with Gasteiger partial charge in [0.25, 0.3) is 0 Å². The van der Waals surface area contributed by atoms with Crippen LogP contribution in [0.25, 0.3) is 10.2 Å². The summed E-state index contributed by atoms with van der Waals surface area (Å²) in [5, 5.41) is 4.16. The van der Waals surface area contributed by atoms with E-state index >= 15 is 0 Å². The molecule has 0 saturated heterocycles. The van der Waals surface area contributed by atoms with E-state index in [2.05, 4.69) is 21.4 Å². The first kappa shape index (κ1) is 13.7. The normalized spacial score (nSPS) is 10.9. The maximum atomic E-state index is 11.4. The third kappa shape index (κ3) is 3.64. The Balaban J connectivity index is 1.96. The first-order valence-corrected chi connectivity index (χ1v) is 7.02. The fourth-order valence-electron chi connectivity index (χ4n) is 1.72. The van der Waals surface area contributed by atoms with Crippen LogP contribution in [-0.2, 0) is 9.53 Å². The van der Waals surface area contributed by atoms with Gasteiger partial charge in [0.05, 0.1) is 17.9 Å². The molecule has 5 nitrogen and oxygen atoms in total. The lowest BCUT2D eigenvalue weighted by Gasteiger charge is -2.09. The fourth-order valence-corrected chi connectivity index (χ4v) is 2.57. The van der Waals surface area contributed by atoms with E-state index in [1.54, 1.807) is 11.3 Å². The summed E-state index contributed by atoms with van der Waals surface area (Å²) in [6.45, 7) is 6.23. The van der Waals surface area contributed by atoms with Crippen molar-refractivity contribution in [3.63, 3.8) is 0 Å². The predicted octanol–water partition coefficient (Wildman–Crippen LogP) is 2.75. The number of aromatic nitrogens is 2. The van der Waals surface area contributed by atoms with Crippen molar-refractivity contribution in [1.82, 2.24) is 9.97 Å². The van der Waals surface area contributed by atoms with Gasteiger partial charge < -0.3 is 10.1 Å². The molecule has 0 spiro atoms. The summed E-state index contributed by atoms with van der Waals surface area (Å²) < 4.78 is 5.07. The van der Waals surface area contributed by atoms with E-state index in [1.165, 1.54) is 11.2 Å². The minimum Gasteiger partial charge on any atom is -0.463 e. The highest BCUT2D eigenvalue weighted by molar-refractivity contribution is 7.18. The maximum absolute atomic E-state index is 11.4. The van der Waals surface area contributed by atoms with Gasteiger partial charge >= 0.3 is 5.97 Å². The molecule has 0 bridgehead atoms.